The molecule has 0 N–H and O–H groups in total. The van der Waals surface area contributed by atoms with Crippen molar-refractivity contribution in [1.29, 1.82) is 0 Å². The first-order chi connectivity index (χ1) is 9.52. The summed E-state index contributed by atoms with van der Waals surface area (Å²) in [4.78, 5) is 16.5. The van der Waals surface area contributed by atoms with E-state index in [9.17, 15) is 4.79 Å². The molecule has 110 valence electrons. The highest BCUT2D eigenvalue weighted by Gasteiger charge is 2.29. The second-order valence-electron chi connectivity index (χ2n) is 5.36. The molecule has 0 bridgehead atoms. The van der Waals surface area contributed by atoms with E-state index < -0.39 is 0 Å². The minimum Gasteiger partial charge on any atom is -0.378 e. The average Bonchev–Trinajstić information content (AvgIpc) is 2.47. The topological polar surface area (TPSA) is 32.8 Å². The van der Waals surface area contributed by atoms with Crippen molar-refractivity contribution >= 4 is 27.5 Å². The van der Waals surface area contributed by atoms with E-state index in [1.165, 1.54) is 0 Å². The Morgan fingerprint density at radius 2 is 2.05 bits per heavy atom. The normalized spacial score (nSPS) is 22.7. The second kappa shape index (κ2) is 6.59. The Bertz CT molecular complexity index is 461. The Labute approximate surface area is 128 Å². The molecule has 2 atom stereocenters. The predicted octanol–water partition coefficient (Wildman–Crippen LogP) is 2.38. The van der Waals surface area contributed by atoms with E-state index in [0.717, 1.165) is 16.6 Å². The summed E-state index contributed by atoms with van der Waals surface area (Å²) in [5, 5.41) is 0.753. The number of amides is 1. The molecule has 0 aromatic heterocycles. The molecule has 2 unspecified atom stereocenters. The fourth-order valence-electron chi connectivity index (χ4n) is 2.26. The minimum atomic E-state index is 0.0798. The van der Waals surface area contributed by atoms with Crippen LogP contribution in [0.15, 0.2) is 24.3 Å². The van der Waals surface area contributed by atoms with Crippen LogP contribution in [0.2, 0.25) is 0 Å². The molecule has 1 aromatic rings. The molecule has 2 rings (SSSR count). The lowest BCUT2D eigenvalue weighted by Gasteiger charge is -2.37. The number of benzene rings is 1. The molecule has 0 radical (unpaired) electrons. The molecular formula is C15H21BrN2O2. The molecule has 5 heteroatoms. The maximum absolute atomic E-state index is 12.6. The Kier molecular flexibility index (Phi) is 5.05. The number of rotatable bonds is 3. The van der Waals surface area contributed by atoms with Crippen molar-refractivity contribution in [3.05, 3.63) is 29.8 Å². The minimum absolute atomic E-state index is 0.0798. The quantitative estimate of drug-likeness (QED) is 0.792. The summed E-state index contributed by atoms with van der Waals surface area (Å²) in [6.07, 6.45) is 0.0798. The van der Waals surface area contributed by atoms with Crippen LogP contribution in [0.25, 0.3) is 0 Å². The first kappa shape index (κ1) is 15.3. The summed E-state index contributed by atoms with van der Waals surface area (Å²) >= 11 is 3.42. The van der Waals surface area contributed by atoms with Crippen LogP contribution in [0, 0.1) is 0 Å². The lowest BCUT2D eigenvalue weighted by Crippen LogP contribution is -2.51. The summed E-state index contributed by atoms with van der Waals surface area (Å²) in [7, 11) is 3.98. The van der Waals surface area contributed by atoms with E-state index in [-0.39, 0.29) is 18.1 Å². The zero-order chi connectivity index (χ0) is 14.7. The van der Waals surface area contributed by atoms with Crippen molar-refractivity contribution < 1.29 is 9.53 Å². The third kappa shape index (κ3) is 3.33. The van der Waals surface area contributed by atoms with Crippen molar-refractivity contribution in [2.24, 2.45) is 0 Å². The molecule has 1 saturated heterocycles. The predicted molar refractivity (Wildman–Crippen MR) is 84.8 cm³/mol. The van der Waals surface area contributed by atoms with Crippen LogP contribution in [0.1, 0.15) is 17.3 Å². The molecule has 1 fully saturated rings. The van der Waals surface area contributed by atoms with E-state index in [1.54, 1.807) is 0 Å². The van der Waals surface area contributed by atoms with Crippen LogP contribution >= 0.6 is 15.9 Å². The molecule has 0 spiro atoms. The first-order valence-corrected chi connectivity index (χ1v) is 7.91. The number of carbonyl (C=O) groups is 1. The molecule has 1 aliphatic rings. The number of halogens is 1. The smallest absolute Gasteiger partial charge is 0.254 e. The van der Waals surface area contributed by atoms with Crippen LogP contribution < -0.4 is 4.90 Å². The summed E-state index contributed by atoms with van der Waals surface area (Å²) in [5.41, 5.74) is 1.83. The number of carbonyl (C=O) groups excluding carboxylic acids is 1. The fourth-order valence-corrected chi connectivity index (χ4v) is 2.65. The molecule has 1 aliphatic heterocycles. The van der Waals surface area contributed by atoms with Gasteiger partial charge in [-0.3, -0.25) is 4.79 Å². The number of anilines is 1. The monoisotopic (exact) mass is 340 g/mol. The summed E-state index contributed by atoms with van der Waals surface area (Å²) in [6.45, 7) is 3.26. The van der Waals surface area contributed by atoms with Crippen molar-refractivity contribution in [3.63, 3.8) is 0 Å². The standard InChI is InChI=1S/C15H21BrN2O2/c1-11-10-20-14(8-16)9-18(11)15(19)12-4-6-13(7-5-12)17(2)3/h4-7,11,14H,8-10H2,1-3H3. The lowest BCUT2D eigenvalue weighted by molar-refractivity contribution is -0.0361. The highest BCUT2D eigenvalue weighted by atomic mass is 79.9. The van der Waals surface area contributed by atoms with Gasteiger partial charge in [0, 0.05) is 37.2 Å². The molecule has 0 saturated carbocycles. The molecule has 20 heavy (non-hydrogen) atoms. The number of morpholine rings is 1. The molecule has 1 amide bonds. The van der Waals surface area contributed by atoms with Gasteiger partial charge in [0.2, 0.25) is 0 Å². The van der Waals surface area contributed by atoms with Crippen LogP contribution in [-0.4, -0.2) is 55.5 Å². The lowest BCUT2D eigenvalue weighted by atomic mass is 10.1. The van der Waals surface area contributed by atoms with E-state index in [0.29, 0.717) is 13.2 Å². The van der Waals surface area contributed by atoms with Crippen LogP contribution in [-0.2, 0) is 4.74 Å². The van der Waals surface area contributed by atoms with Crippen molar-refractivity contribution in [2.75, 3.05) is 37.5 Å². The van der Waals surface area contributed by atoms with E-state index in [1.807, 2.05) is 55.1 Å². The van der Waals surface area contributed by atoms with Crippen LogP contribution in [0.3, 0.4) is 0 Å². The van der Waals surface area contributed by atoms with Crippen molar-refractivity contribution in [1.82, 2.24) is 4.90 Å². The van der Waals surface area contributed by atoms with E-state index in [4.69, 9.17) is 4.74 Å². The first-order valence-electron chi connectivity index (χ1n) is 6.79. The maximum Gasteiger partial charge on any atom is 0.254 e. The van der Waals surface area contributed by atoms with Gasteiger partial charge in [0.15, 0.2) is 0 Å². The highest BCUT2D eigenvalue weighted by Crippen LogP contribution is 2.19. The zero-order valence-corrected chi connectivity index (χ0v) is 13.8. The van der Waals surface area contributed by atoms with Gasteiger partial charge in [0.25, 0.3) is 5.91 Å². The fraction of sp³-hybridized carbons (Fsp3) is 0.533. The van der Waals surface area contributed by atoms with Gasteiger partial charge in [0.05, 0.1) is 18.8 Å². The number of hydrogen-bond donors (Lipinski definition) is 0. The van der Waals surface area contributed by atoms with Crippen molar-refractivity contribution in [3.8, 4) is 0 Å². The SMILES string of the molecule is CC1COC(CBr)CN1C(=O)c1ccc(N(C)C)cc1. The third-order valence-corrected chi connectivity index (χ3v) is 4.29. The largest absolute Gasteiger partial charge is 0.378 e. The van der Waals surface area contributed by atoms with Crippen LogP contribution in [0.5, 0.6) is 0 Å². The summed E-state index contributed by atoms with van der Waals surface area (Å²) < 4.78 is 5.66. The Morgan fingerprint density at radius 1 is 1.40 bits per heavy atom. The Morgan fingerprint density at radius 3 is 2.60 bits per heavy atom. The highest BCUT2D eigenvalue weighted by molar-refractivity contribution is 9.09. The number of nitrogens with zero attached hydrogens (tertiary/aromatic N) is 2. The maximum atomic E-state index is 12.6. The Hall–Kier alpha value is -1.07. The van der Waals surface area contributed by atoms with E-state index in [2.05, 4.69) is 15.9 Å². The third-order valence-electron chi connectivity index (χ3n) is 3.57. The number of alkyl halides is 1. The van der Waals surface area contributed by atoms with Crippen LogP contribution in [0.4, 0.5) is 5.69 Å². The van der Waals surface area contributed by atoms with Gasteiger partial charge < -0.3 is 14.5 Å². The molecule has 1 heterocycles. The summed E-state index contributed by atoms with van der Waals surface area (Å²) in [6, 6.07) is 7.85. The average molecular weight is 341 g/mol. The van der Waals surface area contributed by atoms with Crippen molar-refractivity contribution in [2.45, 2.75) is 19.1 Å². The molecule has 1 aromatic carbocycles. The van der Waals surface area contributed by atoms with E-state index >= 15 is 0 Å². The number of hydrogen-bond acceptors (Lipinski definition) is 3. The number of ether oxygens (including phenoxy) is 1. The second-order valence-corrected chi connectivity index (χ2v) is 6.00. The van der Waals surface area contributed by atoms with Gasteiger partial charge in [-0.25, -0.2) is 0 Å². The van der Waals surface area contributed by atoms with Gasteiger partial charge in [0.1, 0.15) is 0 Å². The summed E-state index contributed by atoms with van der Waals surface area (Å²) in [5.74, 6) is 0.0806. The van der Waals surface area contributed by atoms with Gasteiger partial charge in [-0.05, 0) is 31.2 Å². The molecular weight excluding hydrogens is 320 g/mol. The molecule has 0 aliphatic carbocycles. The van der Waals surface area contributed by atoms with Gasteiger partial charge in [-0.2, -0.15) is 0 Å². The van der Waals surface area contributed by atoms with Gasteiger partial charge >= 0.3 is 0 Å². The van der Waals surface area contributed by atoms with Gasteiger partial charge in [-0.1, -0.05) is 15.9 Å². The molecule has 4 nitrogen and oxygen atoms in total. The Balaban J connectivity index is 2.13. The van der Waals surface area contributed by atoms with Gasteiger partial charge in [-0.15, -0.1) is 0 Å². The zero-order valence-electron chi connectivity index (χ0n) is 12.2.